The number of hydrogen-bond acceptors (Lipinski definition) is 5. The lowest BCUT2D eigenvalue weighted by atomic mass is 10.2. The van der Waals surface area contributed by atoms with Crippen molar-refractivity contribution in [3.63, 3.8) is 0 Å². The van der Waals surface area contributed by atoms with Crippen molar-refractivity contribution in [2.75, 3.05) is 0 Å². The van der Waals surface area contributed by atoms with Gasteiger partial charge in [0.25, 0.3) is 11.2 Å². The monoisotopic (exact) mass is 308 g/mol. The van der Waals surface area contributed by atoms with Crippen molar-refractivity contribution in [3.8, 4) is 0 Å². The first-order valence-electron chi connectivity index (χ1n) is 6.81. The summed E-state index contributed by atoms with van der Waals surface area (Å²) >= 11 is 0. The molecule has 7 nitrogen and oxygen atoms in total. The van der Waals surface area contributed by atoms with E-state index in [1.807, 2.05) is 24.3 Å². The number of non-ortho nitro benzene ring substituents is 1. The maximum Gasteiger partial charge on any atom is 0.278 e. The SMILES string of the molecule is Cn1c(=O)c(N=Nc2cccc([N+](=O)[O-])c2)cc2ccccc21. The summed E-state index contributed by atoms with van der Waals surface area (Å²) in [6, 6.07) is 14.9. The molecule has 0 saturated carbocycles. The summed E-state index contributed by atoms with van der Waals surface area (Å²) in [6.45, 7) is 0. The number of nitro groups is 1. The minimum absolute atomic E-state index is 0.0761. The molecule has 3 rings (SSSR count). The predicted molar refractivity (Wildman–Crippen MR) is 86.5 cm³/mol. The summed E-state index contributed by atoms with van der Waals surface area (Å²) in [5.41, 5.74) is 0.935. The summed E-state index contributed by atoms with van der Waals surface area (Å²) in [5, 5.41) is 19.5. The molecule has 7 heteroatoms. The molecule has 0 aliphatic heterocycles. The molecule has 0 unspecified atom stereocenters. The second kappa shape index (κ2) is 5.80. The number of fused-ring (bicyclic) bond motifs is 1. The fourth-order valence-corrected chi connectivity index (χ4v) is 2.26. The van der Waals surface area contributed by atoms with Crippen molar-refractivity contribution in [2.45, 2.75) is 0 Å². The van der Waals surface area contributed by atoms with Gasteiger partial charge >= 0.3 is 0 Å². The minimum atomic E-state index is -0.506. The number of aromatic nitrogens is 1. The highest BCUT2D eigenvalue weighted by atomic mass is 16.6. The van der Waals surface area contributed by atoms with Gasteiger partial charge in [-0.15, -0.1) is 5.11 Å². The number of nitro benzene ring substituents is 1. The second-order valence-electron chi connectivity index (χ2n) is 4.93. The van der Waals surface area contributed by atoms with Crippen LogP contribution in [0.1, 0.15) is 0 Å². The Hall–Kier alpha value is -3.35. The van der Waals surface area contributed by atoms with Gasteiger partial charge in [0.15, 0.2) is 5.69 Å². The van der Waals surface area contributed by atoms with Gasteiger partial charge in [0.05, 0.1) is 16.1 Å². The van der Waals surface area contributed by atoms with E-state index < -0.39 is 4.92 Å². The molecule has 0 atom stereocenters. The van der Waals surface area contributed by atoms with Crippen molar-refractivity contribution in [2.24, 2.45) is 17.3 Å². The van der Waals surface area contributed by atoms with Gasteiger partial charge in [-0.3, -0.25) is 14.9 Å². The highest BCUT2D eigenvalue weighted by Crippen LogP contribution is 2.22. The number of azo groups is 1. The molecule has 1 aromatic heterocycles. The average molecular weight is 308 g/mol. The quantitative estimate of drug-likeness (QED) is 0.418. The lowest BCUT2D eigenvalue weighted by molar-refractivity contribution is -0.384. The molecule has 0 bridgehead atoms. The molecular formula is C16H12N4O3. The zero-order chi connectivity index (χ0) is 16.4. The van der Waals surface area contributed by atoms with Gasteiger partial charge in [-0.05, 0) is 18.2 Å². The van der Waals surface area contributed by atoms with E-state index in [1.165, 1.54) is 22.8 Å². The van der Waals surface area contributed by atoms with Gasteiger partial charge in [-0.1, -0.05) is 24.3 Å². The molecule has 0 amide bonds. The van der Waals surface area contributed by atoms with E-state index in [1.54, 1.807) is 19.2 Å². The van der Waals surface area contributed by atoms with E-state index in [0.29, 0.717) is 5.69 Å². The number of pyridine rings is 1. The first-order valence-corrected chi connectivity index (χ1v) is 6.81. The largest absolute Gasteiger partial charge is 0.309 e. The Balaban J connectivity index is 2.04. The molecule has 1 heterocycles. The first kappa shape index (κ1) is 14.6. The standard InChI is InChI=1S/C16H12N4O3/c1-19-15-8-3-2-5-11(15)9-14(16(19)21)18-17-12-6-4-7-13(10-12)20(22)23/h2-10H,1H3. The van der Waals surface area contributed by atoms with Crippen LogP contribution in [0.4, 0.5) is 17.1 Å². The van der Waals surface area contributed by atoms with Crippen LogP contribution in [-0.2, 0) is 7.05 Å². The topological polar surface area (TPSA) is 89.9 Å². The number of nitrogens with zero attached hydrogens (tertiary/aromatic N) is 4. The van der Waals surface area contributed by atoms with Crippen molar-refractivity contribution < 1.29 is 4.92 Å². The highest BCUT2D eigenvalue weighted by molar-refractivity contribution is 5.81. The predicted octanol–water partition coefficient (Wildman–Crippen LogP) is 3.86. The van der Waals surface area contributed by atoms with Crippen molar-refractivity contribution in [3.05, 3.63) is 75.1 Å². The number of benzene rings is 2. The molecule has 114 valence electrons. The minimum Gasteiger partial charge on any atom is -0.309 e. The van der Waals surface area contributed by atoms with E-state index in [0.717, 1.165) is 10.9 Å². The third-order valence-electron chi connectivity index (χ3n) is 3.43. The molecule has 0 fully saturated rings. The van der Waals surface area contributed by atoms with Crippen LogP contribution in [0.25, 0.3) is 10.9 Å². The van der Waals surface area contributed by atoms with Gasteiger partial charge in [0.2, 0.25) is 0 Å². The Morgan fingerprint density at radius 3 is 2.61 bits per heavy atom. The van der Waals surface area contributed by atoms with Crippen LogP contribution in [0.3, 0.4) is 0 Å². The maximum atomic E-state index is 12.3. The first-order chi connectivity index (χ1) is 11.1. The van der Waals surface area contributed by atoms with E-state index in [2.05, 4.69) is 10.2 Å². The number of hydrogen-bond donors (Lipinski definition) is 0. The Morgan fingerprint density at radius 2 is 1.83 bits per heavy atom. The van der Waals surface area contributed by atoms with Gasteiger partial charge in [-0.2, -0.15) is 5.11 Å². The summed E-state index contributed by atoms with van der Waals surface area (Å²) in [4.78, 5) is 22.5. The Bertz CT molecular complexity index is 992. The smallest absolute Gasteiger partial charge is 0.278 e. The number of rotatable bonds is 3. The maximum absolute atomic E-state index is 12.3. The van der Waals surface area contributed by atoms with Crippen molar-refractivity contribution in [1.82, 2.24) is 4.57 Å². The molecule has 0 N–H and O–H groups in total. The van der Waals surface area contributed by atoms with E-state index in [4.69, 9.17) is 0 Å². The Morgan fingerprint density at radius 1 is 1.04 bits per heavy atom. The van der Waals surface area contributed by atoms with Crippen molar-refractivity contribution in [1.29, 1.82) is 0 Å². The molecule has 2 aromatic carbocycles. The fraction of sp³-hybridized carbons (Fsp3) is 0.0625. The lowest BCUT2D eigenvalue weighted by Crippen LogP contribution is -2.16. The van der Waals surface area contributed by atoms with E-state index in [-0.39, 0.29) is 16.9 Å². The van der Waals surface area contributed by atoms with Crippen molar-refractivity contribution >= 4 is 28.0 Å². The van der Waals surface area contributed by atoms with Gasteiger partial charge in [-0.25, -0.2) is 0 Å². The van der Waals surface area contributed by atoms with Crippen LogP contribution in [0.2, 0.25) is 0 Å². The normalized spacial score (nSPS) is 11.2. The van der Waals surface area contributed by atoms with Gasteiger partial charge in [0, 0.05) is 24.6 Å². The van der Waals surface area contributed by atoms with Gasteiger partial charge in [0.1, 0.15) is 0 Å². The molecule has 0 aliphatic carbocycles. The van der Waals surface area contributed by atoms with Crippen LogP contribution in [0, 0.1) is 10.1 Å². The molecule has 0 spiro atoms. The number of para-hydroxylation sites is 1. The summed E-state index contributed by atoms with van der Waals surface area (Å²) in [5.74, 6) is 0. The average Bonchev–Trinajstić information content (AvgIpc) is 2.57. The Kier molecular flexibility index (Phi) is 3.68. The molecule has 23 heavy (non-hydrogen) atoms. The summed E-state index contributed by atoms with van der Waals surface area (Å²) in [7, 11) is 1.66. The Labute approximate surface area is 130 Å². The highest BCUT2D eigenvalue weighted by Gasteiger charge is 2.07. The number of aryl methyl sites for hydroxylation is 1. The molecule has 0 saturated heterocycles. The van der Waals surface area contributed by atoms with Crippen LogP contribution in [-0.4, -0.2) is 9.49 Å². The third kappa shape index (κ3) is 2.84. The summed E-state index contributed by atoms with van der Waals surface area (Å²) < 4.78 is 1.50. The van der Waals surface area contributed by atoms with Crippen LogP contribution in [0.15, 0.2) is 69.6 Å². The fourth-order valence-electron chi connectivity index (χ4n) is 2.26. The van der Waals surface area contributed by atoms with E-state index in [9.17, 15) is 14.9 Å². The van der Waals surface area contributed by atoms with Crippen LogP contribution < -0.4 is 5.56 Å². The lowest BCUT2D eigenvalue weighted by Gasteiger charge is -2.05. The zero-order valence-corrected chi connectivity index (χ0v) is 12.2. The van der Waals surface area contributed by atoms with Crippen LogP contribution in [0.5, 0.6) is 0 Å². The third-order valence-corrected chi connectivity index (χ3v) is 3.43. The molecule has 0 radical (unpaired) electrons. The molecular weight excluding hydrogens is 296 g/mol. The summed E-state index contributed by atoms with van der Waals surface area (Å²) in [6.07, 6.45) is 0. The zero-order valence-electron chi connectivity index (χ0n) is 12.2. The van der Waals surface area contributed by atoms with Crippen LogP contribution >= 0.6 is 0 Å². The molecule has 0 aliphatic rings. The van der Waals surface area contributed by atoms with Gasteiger partial charge < -0.3 is 4.57 Å². The second-order valence-corrected chi connectivity index (χ2v) is 4.93. The molecule has 3 aromatic rings. The van der Waals surface area contributed by atoms with E-state index >= 15 is 0 Å².